The van der Waals surface area contributed by atoms with E-state index in [9.17, 15) is 12.8 Å². The summed E-state index contributed by atoms with van der Waals surface area (Å²) in [6.45, 7) is 4.23. The molecule has 30 heavy (non-hydrogen) atoms. The Hall–Kier alpha value is -3.03. The van der Waals surface area contributed by atoms with Crippen LogP contribution in [0.2, 0.25) is 0 Å². The van der Waals surface area contributed by atoms with E-state index in [1.54, 1.807) is 31.2 Å². The number of hydrogen-bond donors (Lipinski definition) is 1. The smallest absolute Gasteiger partial charge is 0.240 e. The molecule has 0 saturated heterocycles. The topological polar surface area (TPSA) is 64.0 Å². The average Bonchev–Trinajstić information content (AvgIpc) is 3.09. The number of imidazole rings is 1. The number of aromatic nitrogens is 2. The number of halogens is 1. The first-order valence-electron chi connectivity index (χ1n) is 9.63. The van der Waals surface area contributed by atoms with E-state index in [0.29, 0.717) is 17.9 Å². The highest BCUT2D eigenvalue weighted by atomic mass is 32.2. The van der Waals surface area contributed by atoms with Crippen molar-refractivity contribution in [3.05, 3.63) is 83.7 Å². The number of nitrogens with one attached hydrogen (secondary N) is 1. The van der Waals surface area contributed by atoms with Crippen LogP contribution < -0.4 is 4.72 Å². The van der Waals surface area contributed by atoms with Crippen molar-refractivity contribution in [2.45, 2.75) is 25.3 Å². The minimum atomic E-state index is -3.64. The van der Waals surface area contributed by atoms with Crippen molar-refractivity contribution < 1.29 is 12.8 Å². The summed E-state index contributed by atoms with van der Waals surface area (Å²) in [7, 11) is -3.64. The third-order valence-electron chi connectivity index (χ3n) is 5.02. The van der Waals surface area contributed by atoms with Crippen molar-refractivity contribution in [2.24, 2.45) is 0 Å². The Bertz CT molecular complexity index is 1310. The molecule has 4 aromatic rings. The van der Waals surface area contributed by atoms with E-state index < -0.39 is 10.0 Å². The van der Waals surface area contributed by atoms with Crippen LogP contribution >= 0.6 is 0 Å². The van der Waals surface area contributed by atoms with E-state index >= 15 is 0 Å². The lowest BCUT2D eigenvalue weighted by molar-refractivity contribution is 0.574. The molecule has 1 heterocycles. The fourth-order valence-corrected chi connectivity index (χ4v) is 4.84. The third kappa shape index (κ3) is 3.99. The van der Waals surface area contributed by atoms with Crippen molar-refractivity contribution in [3.63, 3.8) is 0 Å². The minimum Gasteiger partial charge on any atom is -0.323 e. The van der Waals surface area contributed by atoms with Gasteiger partial charge in [-0.1, -0.05) is 24.3 Å². The average molecular weight is 424 g/mol. The molecule has 0 spiro atoms. The van der Waals surface area contributed by atoms with Gasteiger partial charge in [0.25, 0.3) is 0 Å². The van der Waals surface area contributed by atoms with E-state index in [4.69, 9.17) is 0 Å². The van der Waals surface area contributed by atoms with Gasteiger partial charge in [0.2, 0.25) is 10.0 Å². The Morgan fingerprint density at radius 2 is 1.73 bits per heavy atom. The zero-order chi connectivity index (χ0) is 21.3. The van der Waals surface area contributed by atoms with E-state index in [-0.39, 0.29) is 17.3 Å². The third-order valence-corrected chi connectivity index (χ3v) is 6.62. The highest BCUT2D eigenvalue weighted by Gasteiger charge is 2.18. The molecule has 7 heteroatoms. The summed E-state index contributed by atoms with van der Waals surface area (Å²) in [6.07, 6.45) is 0. The predicted octanol–water partition coefficient (Wildman–Crippen LogP) is 4.44. The largest absolute Gasteiger partial charge is 0.323 e. The van der Waals surface area contributed by atoms with Crippen LogP contribution in [0.15, 0.2) is 71.6 Å². The first kappa shape index (κ1) is 20.3. The maximum absolute atomic E-state index is 13.4. The van der Waals surface area contributed by atoms with Crippen LogP contribution in [0.4, 0.5) is 4.39 Å². The molecule has 154 valence electrons. The van der Waals surface area contributed by atoms with Crippen molar-refractivity contribution >= 4 is 21.1 Å². The molecule has 3 aromatic carbocycles. The molecular weight excluding hydrogens is 401 g/mol. The number of fused-ring (bicyclic) bond motifs is 1. The van der Waals surface area contributed by atoms with Gasteiger partial charge in [-0.15, -0.1) is 0 Å². The van der Waals surface area contributed by atoms with Crippen molar-refractivity contribution in [2.75, 3.05) is 6.54 Å². The van der Waals surface area contributed by atoms with E-state index in [1.165, 1.54) is 12.1 Å². The molecule has 0 aliphatic carbocycles. The first-order valence-corrected chi connectivity index (χ1v) is 11.1. The quantitative estimate of drug-likeness (QED) is 0.499. The molecule has 0 aliphatic heterocycles. The normalized spacial score (nSPS) is 11.8. The van der Waals surface area contributed by atoms with Gasteiger partial charge in [-0.2, -0.15) is 0 Å². The van der Waals surface area contributed by atoms with Gasteiger partial charge in [0.1, 0.15) is 11.6 Å². The monoisotopic (exact) mass is 423 g/mol. The lowest BCUT2D eigenvalue weighted by Gasteiger charge is -2.13. The zero-order valence-corrected chi connectivity index (χ0v) is 17.6. The molecule has 0 aliphatic rings. The van der Waals surface area contributed by atoms with Crippen LogP contribution in [0, 0.1) is 19.7 Å². The number of aryl methyl sites for hydroxylation is 2. The Labute approximate surface area is 175 Å². The molecule has 0 saturated carbocycles. The van der Waals surface area contributed by atoms with Gasteiger partial charge in [0.05, 0.1) is 15.9 Å². The maximum Gasteiger partial charge on any atom is 0.240 e. The minimum absolute atomic E-state index is 0.199. The number of rotatable bonds is 6. The second-order valence-electron chi connectivity index (χ2n) is 7.25. The van der Waals surface area contributed by atoms with Crippen LogP contribution in [0.5, 0.6) is 0 Å². The lowest BCUT2D eigenvalue weighted by Crippen LogP contribution is -2.28. The molecule has 0 fully saturated rings. The van der Waals surface area contributed by atoms with Gasteiger partial charge < -0.3 is 4.57 Å². The van der Waals surface area contributed by atoms with Crippen molar-refractivity contribution in [1.82, 2.24) is 14.3 Å². The van der Waals surface area contributed by atoms with Crippen LogP contribution in [0.25, 0.3) is 22.4 Å². The van der Waals surface area contributed by atoms with Crippen LogP contribution in [-0.4, -0.2) is 24.5 Å². The molecule has 0 unspecified atom stereocenters. The number of sulfonamides is 1. The molecule has 1 aromatic heterocycles. The Morgan fingerprint density at radius 1 is 1.00 bits per heavy atom. The molecule has 0 atom stereocenters. The molecule has 0 amide bonds. The van der Waals surface area contributed by atoms with Crippen LogP contribution in [0.3, 0.4) is 0 Å². The summed E-state index contributed by atoms with van der Waals surface area (Å²) in [6, 6.07) is 19.2. The van der Waals surface area contributed by atoms with Gasteiger partial charge >= 0.3 is 0 Å². The van der Waals surface area contributed by atoms with Crippen molar-refractivity contribution in [3.8, 4) is 11.4 Å². The molecule has 0 bridgehead atoms. The summed E-state index contributed by atoms with van der Waals surface area (Å²) in [5, 5.41) is 0. The maximum atomic E-state index is 13.4. The fourth-order valence-electron chi connectivity index (χ4n) is 3.49. The number of benzene rings is 3. The standard InChI is InChI=1S/C23H22FN3O2S/c1-16-7-8-17(2)22(15-16)30(28,29)25-13-14-27-21-6-4-3-5-20(21)26-23(27)18-9-11-19(24)12-10-18/h3-12,15,25H,13-14H2,1-2H3. The summed E-state index contributed by atoms with van der Waals surface area (Å²) in [4.78, 5) is 4.96. The predicted molar refractivity (Wildman–Crippen MR) is 116 cm³/mol. The first-order chi connectivity index (χ1) is 14.3. The van der Waals surface area contributed by atoms with E-state index in [2.05, 4.69) is 9.71 Å². The second kappa shape index (κ2) is 8.01. The number of hydrogen-bond acceptors (Lipinski definition) is 3. The number of nitrogens with zero attached hydrogens (tertiary/aromatic N) is 2. The van der Waals surface area contributed by atoms with Crippen LogP contribution in [0.1, 0.15) is 11.1 Å². The molecule has 4 rings (SSSR count). The van der Waals surface area contributed by atoms with Gasteiger partial charge in [0.15, 0.2) is 0 Å². The molecular formula is C23H22FN3O2S. The van der Waals surface area contributed by atoms with E-state index in [0.717, 1.165) is 22.2 Å². The van der Waals surface area contributed by atoms with Gasteiger partial charge in [-0.05, 0) is 67.4 Å². The highest BCUT2D eigenvalue weighted by molar-refractivity contribution is 7.89. The van der Waals surface area contributed by atoms with Crippen LogP contribution in [-0.2, 0) is 16.6 Å². The second-order valence-corrected chi connectivity index (χ2v) is 8.98. The summed E-state index contributed by atoms with van der Waals surface area (Å²) < 4.78 is 43.6. The molecule has 1 N–H and O–H groups in total. The summed E-state index contributed by atoms with van der Waals surface area (Å²) in [5.41, 5.74) is 4.05. The fraction of sp³-hybridized carbons (Fsp3) is 0.174. The van der Waals surface area contributed by atoms with Crippen molar-refractivity contribution in [1.29, 1.82) is 0 Å². The molecule has 5 nitrogen and oxygen atoms in total. The highest BCUT2D eigenvalue weighted by Crippen LogP contribution is 2.25. The SMILES string of the molecule is Cc1ccc(C)c(S(=O)(=O)NCCn2c(-c3ccc(F)cc3)nc3ccccc32)c1. The molecule has 0 radical (unpaired) electrons. The Kier molecular flexibility index (Phi) is 5.40. The lowest BCUT2D eigenvalue weighted by atomic mass is 10.2. The Morgan fingerprint density at radius 3 is 2.50 bits per heavy atom. The van der Waals surface area contributed by atoms with Gasteiger partial charge in [-0.3, -0.25) is 0 Å². The zero-order valence-electron chi connectivity index (χ0n) is 16.8. The Balaban J connectivity index is 1.63. The van der Waals surface area contributed by atoms with Gasteiger partial charge in [0, 0.05) is 18.7 Å². The van der Waals surface area contributed by atoms with E-state index in [1.807, 2.05) is 41.8 Å². The summed E-state index contributed by atoms with van der Waals surface area (Å²) in [5.74, 6) is 0.352. The number of para-hydroxylation sites is 2. The van der Waals surface area contributed by atoms with Gasteiger partial charge in [-0.25, -0.2) is 22.5 Å². The summed E-state index contributed by atoms with van der Waals surface area (Å²) >= 11 is 0.